The number of hydrogen-bond acceptors (Lipinski definition) is 3. The molecule has 2 aromatic heterocycles. The van der Waals surface area contributed by atoms with Crippen molar-refractivity contribution in [1.82, 2.24) is 15.0 Å². The molecule has 0 saturated carbocycles. The van der Waals surface area contributed by atoms with Crippen LogP contribution in [0.1, 0.15) is 29.1 Å². The van der Waals surface area contributed by atoms with Crippen LogP contribution in [0.15, 0.2) is 16.9 Å². The molecule has 1 N–H and O–H groups in total. The van der Waals surface area contributed by atoms with Crippen LogP contribution in [0.5, 0.6) is 0 Å². The van der Waals surface area contributed by atoms with Crippen LogP contribution in [0.25, 0.3) is 11.4 Å². The topological polar surface area (TPSA) is 58.6 Å². The van der Waals surface area contributed by atoms with Crippen LogP contribution in [0, 0.1) is 13.8 Å². The first kappa shape index (κ1) is 11.1. The van der Waals surface area contributed by atoms with Crippen LogP contribution in [0.3, 0.4) is 0 Å². The molecule has 3 rings (SSSR count). The third-order valence-corrected chi connectivity index (χ3v) is 3.30. The van der Waals surface area contributed by atoms with E-state index in [-0.39, 0.29) is 5.56 Å². The second kappa shape index (κ2) is 4.05. The molecule has 0 spiro atoms. The highest BCUT2D eigenvalue weighted by atomic mass is 16.1. The maximum absolute atomic E-state index is 12.0. The van der Waals surface area contributed by atoms with E-state index in [1.165, 1.54) is 0 Å². The fourth-order valence-electron chi connectivity index (χ4n) is 2.55. The summed E-state index contributed by atoms with van der Waals surface area (Å²) < 4.78 is 0. The number of nitrogens with zero attached hydrogens (tertiary/aromatic N) is 2. The standard InChI is InChI=1S/C14H15N3O/c1-8-6-10(7-9(2)15-8)13-16-12-5-3-4-11(12)14(18)17-13/h6-7H,3-5H2,1-2H3,(H,16,17,18). The van der Waals surface area contributed by atoms with E-state index in [0.29, 0.717) is 5.82 Å². The number of rotatable bonds is 1. The molecule has 0 atom stereocenters. The Bertz CT molecular complexity index is 653. The van der Waals surface area contributed by atoms with Gasteiger partial charge in [0.05, 0.1) is 5.69 Å². The third kappa shape index (κ3) is 1.83. The number of aromatic nitrogens is 3. The Hall–Kier alpha value is -1.97. The minimum absolute atomic E-state index is 0.0135. The van der Waals surface area contributed by atoms with E-state index in [4.69, 9.17) is 0 Å². The first-order chi connectivity index (χ1) is 8.63. The maximum atomic E-state index is 12.0. The number of H-pyrrole nitrogens is 1. The van der Waals surface area contributed by atoms with Crippen molar-refractivity contribution in [3.63, 3.8) is 0 Å². The lowest BCUT2D eigenvalue weighted by Gasteiger charge is -2.06. The first-order valence-electron chi connectivity index (χ1n) is 6.21. The van der Waals surface area contributed by atoms with Gasteiger partial charge in [-0.05, 0) is 45.2 Å². The van der Waals surface area contributed by atoms with Crippen molar-refractivity contribution in [2.75, 3.05) is 0 Å². The van der Waals surface area contributed by atoms with Gasteiger partial charge in [-0.3, -0.25) is 9.78 Å². The van der Waals surface area contributed by atoms with E-state index in [2.05, 4.69) is 15.0 Å². The Labute approximate surface area is 105 Å². The lowest BCUT2D eigenvalue weighted by Crippen LogP contribution is -2.15. The van der Waals surface area contributed by atoms with Crippen molar-refractivity contribution in [3.8, 4) is 11.4 Å². The number of hydrogen-bond donors (Lipinski definition) is 1. The molecule has 0 aromatic carbocycles. The van der Waals surface area contributed by atoms with Crippen molar-refractivity contribution in [2.24, 2.45) is 0 Å². The molecule has 0 saturated heterocycles. The first-order valence-corrected chi connectivity index (χ1v) is 6.21. The van der Waals surface area contributed by atoms with Gasteiger partial charge in [0.1, 0.15) is 5.82 Å². The highest BCUT2D eigenvalue weighted by Gasteiger charge is 2.17. The van der Waals surface area contributed by atoms with Gasteiger partial charge in [-0.2, -0.15) is 0 Å². The summed E-state index contributed by atoms with van der Waals surface area (Å²) in [6, 6.07) is 3.90. The lowest BCUT2D eigenvalue weighted by atomic mass is 10.1. The van der Waals surface area contributed by atoms with E-state index in [1.54, 1.807) is 0 Å². The molecule has 0 unspecified atom stereocenters. The zero-order chi connectivity index (χ0) is 12.7. The van der Waals surface area contributed by atoms with Gasteiger partial charge < -0.3 is 4.98 Å². The molecule has 0 amide bonds. The SMILES string of the molecule is Cc1cc(-c2nc3c(c(=O)[nH]2)CCC3)cc(C)n1. The molecule has 1 aliphatic carbocycles. The summed E-state index contributed by atoms with van der Waals surface area (Å²) in [4.78, 5) is 23.8. The minimum atomic E-state index is 0.0135. The smallest absolute Gasteiger partial charge is 0.254 e. The van der Waals surface area contributed by atoms with Crippen LogP contribution in [-0.4, -0.2) is 15.0 Å². The van der Waals surface area contributed by atoms with Gasteiger partial charge in [-0.1, -0.05) is 0 Å². The molecule has 2 aromatic rings. The molecule has 0 radical (unpaired) electrons. The van der Waals surface area contributed by atoms with Crippen LogP contribution in [0.4, 0.5) is 0 Å². The summed E-state index contributed by atoms with van der Waals surface area (Å²) in [5.74, 6) is 0.661. The average molecular weight is 241 g/mol. The molecule has 4 heteroatoms. The lowest BCUT2D eigenvalue weighted by molar-refractivity contribution is 0.899. The zero-order valence-corrected chi connectivity index (χ0v) is 10.6. The van der Waals surface area contributed by atoms with Gasteiger partial charge in [-0.15, -0.1) is 0 Å². The number of fused-ring (bicyclic) bond motifs is 1. The van der Waals surface area contributed by atoms with Gasteiger partial charge in [0, 0.05) is 22.5 Å². The summed E-state index contributed by atoms with van der Waals surface area (Å²) in [6.07, 6.45) is 2.80. The van der Waals surface area contributed by atoms with Gasteiger partial charge in [0.2, 0.25) is 0 Å². The summed E-state index contributed by atoms with van der Waals surface area (Å²) in [5, 5.41) is 0. The van der Waals surface area contributed by atoms with Crippen LogP contribution < -0.4 is 5.56 Å². The molecule has 2 heterocycles. The number of aromatic amines is 1. The molecule has 1 aliphatic rings. The molecule has 18 heavy (non-hydrogen) atoms. The highest BCUT2D eigenvalue weighted by Crippen LogP contribution is 2.21. The van der Waals surface area contributed by atoms with Gasteiger partial charge in [0.15, 0.2) is 0 Å². The van der Waals surface area contributed by atoms with E-state index in [0.717, 1.165) is 47.5 Å². The molecule has 92 valence electrons. The number of aryl methyl sites for hydroxylation is 3. The summed E-state index contributed by atoms with van der Waals surface area (Å²) in [5.41, 5.74) is 4.65. The van der Waals surface area contributed by atoms with Crippen LogP contribution >= 0.6 is 0 Å². The molecule has 0 aliphatic heterocycles. The number of nitrogens with one attached hydrogen (secondary N) is 1. The van der Waals surface area contributed by atoms with Crippen molar-refractivity contribution >= 4 is 0 Å². The summed E-state index contributed by atoms with van der Waals surface area (Å²) in [7, 11) is 0. The van der Waals surface area contributed by atoms with Gasteiger partial charge >= 0.3 is 0 Å². The van der Waals surface area contributed by atoms with Crippen molar-refractivity contribution < 1.29 is 0 Å². The molecule has 0 bridgehead atoms. The Morgan fingerprint density at radius 3 is 2.56 bits per heavy atom. The third-order valence-electron chi connectivity index (χ3n) is 3.30. The van der Waals surface area contributed by atoms with Crippen LogP contribution in [-0.2, 0) is 12.8 Å². The Morgan fingerprint density at radius 2 is 1.83 bits per heavy atom. The predicted octanol–water partition coefficient (Wildman–Crippen LogP) is 1.94. The normalized spacial score (nSPS) is 13.7. The molecular formula is C14H15N3O. The molecule has 4 nitrogen and oxygen atoms in total. The highest BCUT2D eigenvalue weighted by molar-refractivity contribution is 5.56. The second-order valence-corrected chi connectivity index (χ2v) is 4.83. The second-order valence-electron chi connectivity index (χ2n) is 4.83. The van der Waals surface area contributed by atoms with Crippen molar-refractivity contribution in [3.05, 3.63) is 45.1 Å². The van der Waals surface area contributed by atoms with E-state index in [9.17, 15) is 4.79 Å². The Balaban J connectivity index is 2.18. The molecular weight excluding hydrogens is 226 g/mol. The monoisotopic (exact) mass is 241 g/mol. The average Bonchev–Trinajstić information content (AvgIpc) is 2.76. The zero-order valence-electron chi connectivity index (χ0n) is 10.6. The van der Waals surface area contributed by atoms with E-state index >= 15 is 0 Å². The molecule has 0 fully saturated rings. The predicted molar refractivity (Wildman–Crippen MR) is 69.6 cm³/mol. The fourth-order valence-corrected chi connectivity index (χ4v) is 2.55. The van der Waals surface area contributed by atoms with Gasteiger partial charge in [0.25, 0.3) is 5.56 Å². The summed E-state index contributed by atoms with van der Waals surface area (Å²) >= 11 is 0. The van der Waals surface area contributed by atoms with Crippen molar-refractivity contribution in [1.29, 1.82) is 0 Å². The van der Waals surface area contributed by atoms with Crippen molar-refractivity contribution in [2.45, 2.75) is 33.1 Å². The summed E-state index contributed by atoms with van der Waals surface area (Å²) in [6.45, 7) is 3.89. The van der Waals surface area contributed by atoms with E-state index in [1.807, 2.05) is 26.0 Å². The fraction of sp³-hybridized carbons (Fsp3) is 0.357. The van der Waals surface area contributed by atoms with E-state index < -0.39 is 0 Å². The quantitative estimate of drug-likeness (QED) is 0.830. The Morgan fingerprint density at radius 1 is 1.11 bits per heavy atom. The maximum Gasteiger partial charge on any atom is 0.254 e. The number of pyridine rings is 1. The van der Waals surface area contributed by atoms with Crippen LogP contribution in [0.2, 0.25) is 0 Å². The minimum Gasteiger partial charge on any atom is -0.306 e. The Kier molecular flexibility index (Phi) is 2.51. The van der Waals surface area contributed by atoms with Gasteiger partial charge in [-0.25, -0.2) is 4.98 Å². The largest absolute Gasteiger partial charge is 0.306 e.